The molecule has 0 bridgehead atoms. The highest BCUT2D eigenvalue weighted by molar-refractivity contribution is 9.11. The highest BCUT2D eigenvalue weighted by atomic mass is 79.9. The molecule has 0 amide bonds. The molecule has 1 aromatic rings. The molecule has 0 fully saturated rings. The minimum absolute atomic E-state index is 0.0752. The van der Waals surface area contributed by atoms with Gasteiger partial charge < -0.3 is 14.9 Å². The minimum Gasteiger partial charge on any atom is -0.393 e. The van der Waals surface area contributed by atoms with E-state index in [0.717, 1.165) is 0 Å². The second-order valence-electron chi connectivity index (χ2n) is 4.29. The smallest absolute Gasteiger partial charge is 0.330 e. The van der Waals surface area contributed by atoms with E-state index in [1.54, 1.807) is 0 Å². The second-order valence-corrected chi connectivity index (χ2v) is 4.82. The minimum atomic E-state index is -1.17. The number of halogens is 1. The molecule has 0 saturated heterocycles. The average Bonchev–Trinajstić information content (AvgIpc) is 2.42. The number of nitrogens with one attached hydrogen (secondary N) is 1. The Morgan fingerprint density at radius 3 is 2.68 bits per heavy atom. The highest BCUT2D eigenvalue weighted by Gasteiger charge is 2.36. The van der Waals surface area contributed by atoms with E-state index in [-0.39, 0.29) is 13.2 Å². The van der Waals surface area contributed by atoms with E-state index in [9.17, 15) is 19.8 Å². The van der Waals surface area contributed by atoms with Crippen molar-refractivity contribution in [2.75, 3.05) is 13.2 Å². The number of aliphatic hydroxyl groups is 2. The van der Waals surface area contributed by atoms with Gasteiger partial charge in [-0.05, 0) is 11.1 Å². The summed E-state index contributed by atoms with van der Waals surface area (Å²) in [4.78, 5) is 27.2. The monoisotopic (exact) mass is 332 g/mol. The Morgan fingerprint density at radius 1 is 1.42 bits per heavy atom. The van der Waals surface area contributed by atoms with Crippen LogP contribution in [0.3, 0.4) is 0 Å². The summed E-state index contributed by atoms with van der Waals surface area (Å²) in [6.07, 6.45) is 1.58. The zero-order valence-electron chi connectivity index (χ0n) is 9.93. The van der Waals surface area contributed by atoms with Crippen LogP contribution in [0.25, 0.3) is 6.08 Å². The topological polar surface area (TPSA) is 105 Å². The van der Waals surface area contributed by atoms with Crippen LogP contribution in [0.2, 0.25) is 0 Å². The van der Waals surface area contributed by atoms with Gasteiger partial charge in [-0.3, -0.25) is 14.3 Å². The number of fused-ring (bicyclic) bond motifs is 1. The van der Waals surface area contributed by atoms with Crippen LogP contribution in [0.5, 0.6) is 0 Å². The second kappa shape index (κ2) is 5.41. The molecule has 2 heterocycles. The van der Waals surface area contributed by atoms with Gasteiger partial charge in [-0.25, -0.2) is 4.79 Å². The first-order valence-corrected chi connectivity index (χ1v) is 6.47. The van der Waals surface area contributed by atoms with Gasteiger partial charge in [-0.2, -0.15) is 0 Å². The number of aliphatic hydroxyl groups excluding tert-OH is 2. The van der Waals surface area contributed by atoms with Crippen LogP contribution < -0.4 is 11.2 Å². The quantitative estimate of drug-likeness (QED) is 0.669. The Bertz CT molecular complexity index is 614. The molecule has 19 heavy (non-hydrogen) atoms. The van der Waals surface area contributed by atoms with E-state index >= 15 is 0 Å². The van der Waals surface area contributed by atoms with Gasteiger partial charge in [0, 0.05) is 12.1 Å². The fourth-order valence-electron chi connectivity index (χ4n) is 2.00. The molecule has 1 aliphatic rings. The van der Waals surface area contributed by atoms with Gasteiger partial charge in [0.1, 0.15) is 12.3 Å². The molecule has 104 valence electrons. The first-order chi connectivity index (χ1) is 9.06. The van der Waals surface area contributed by atoms with Gasteiger partial charge in [0.25, 0.3) is 5.56 Å². The average molecular weight is 333 g/mol. The van der Waals surface area contributed by atoms with Crippen LogP contribution in [0, 0.1) is 0 Å². The number of aromatic nitrogens is 2. The molecule has 2 rings (SSSR count). The third kappa shape index (κ3) is 2.44. The summed E-state index contributed by atoms with van der Waals surface area (Å²) in [6, 6.07) is 0. The van der Waals surface area contributed by atoms with Gasteiger partial charge in [0.2, 0.25) is 0 Å². The Balaban J connectivity index is 2.64. The molecule has 0 spiro atoms. The number of hydrogen-bond donors (Lipinski definition) is 3. The molecule has 0 atom stereocenters. The Morgan fingerprint density at radius 2 is 2.11 bits per heavy atom. The fourth-order valence-corrected chi connectivity index (χ4v) is 2.27. The predicted molar refractivity (Wildman–Crippen MR) is 71.0 cm³/mol. The van der Waals surface area contributed by atoms with Crippen LogP contribution in [0.1, 0.15) is 11.3 Å². The Hall–Kier alpha value is -1.22. The number of nitrogens with zero attached hydrogens (tertiary/aromatic N) is 1. The molecule has 0 unspecified atom stereocenters. The van der Waals surface area contributed by atoms with Crippen molar-refractivity contribution in [3.8, 4) is 0 Å². The summed E-state index contributed by atoms with van der Waals surface area (Å²) in [5.41, 5.74) is -1.53. The molecular formula is C11H13BrN2O5. The van der Waals surface area contributed by atoms with Crippen LogP contribution in [-0.2, 0) is 17.9 Å². The van der Waals surface area contributed by atoms with E-state index < -0.39 is 30.1 Å². The largest absolute Gasteiger partial charge is 0.393 e. The highest BCUT2D eigenvalue weighted by Crippen LogP contribution is 2.24. The lowest BCUT2D eigenvalue weighted by Crippen LogP contribution is -2.51. The molecule has 0 aromatic carbocycles. The number of hydrogen-bond acceptors (Lipinski definition) is 5. The maximum absolute atomic E-state index is 11.8. The fraction of sp³-hybridized carbons (Fsp3) is 0.455. The number of aromatic amines is 1. The van der Waals surface area contributed by atoms with Crippen molar-refractivity contribution in [1.82, 2.24) is 9.55 Å². The summed E-state index contributed by atoms with van der Waals surface area (Å²) >= 11 is 3.08. The lowest BCUT2D eigenvalue weighted by atomic mass is 9.95. The molecule has 0 radical (unpaired) electrons. The molecule has 1 aromatic heterocycles. The van der Waals surface area contributed by atoms with Gasteiger partial charge >= 0.3 is 5.69 Å². The van der Waals surface area contributed by atoms with E-state index in [0.29, 0.717) is 11.3 Å². The van der Waals surface area contributed by atoms with Gasteiger partial charge in [0.05, 0.1) is 18.8 Å². The Kier molecular flexibility index (Phi) is 4.04. The number of ether oxygens (including phenoxy) is 1. The van der Waals surface area contributed by atoms with Crippen molar-refractivity contribution in [2.45, 2.75) is 18.8 Å². The summed E-state index contributed by atoms with van der Waals surface area (Å²) < 4.78 is 6.62. The normalized spacial score (nSPS) is 17.6. The van der Waals surface area contributed by atoms with Crippen LogP contribution in [0.4, 0.5) is 0 Å². The SMILES string of the molecule is O=c1[nH]c(=O)n2c(c1/C=C/Br)CC(CO)(CO)OC2. The van der Waals surface area contributed by atoms with Crippen molar-refractivity contribution in [3.05, 3.63) is 37.1 Å². The van der Waals surface area contributed by atoms with Gasteiger partial charge in [-0.1, -0.05) is 15.9 Å². The number of H-pyrrole nitrogens is 1. The third-order valence-electron chi connectivity index (χ3n) is 3.14. The molecule has 7 nitrogen and oxygen atoms in total. The van der Waals surface area contributed by atoms with Gasteiger partial charge in [-0.15, -0.1) is 0 Å². The van der Waals surface area contributed by atoms with Crippen LogP contribution in [0.15, 0.2) is 14.6 Å². The lowest BCUT2D eigenvalue weighted by Gasteiger charge is -2.36. The van der Waals surface area contributed by atoms with E-state index in [2.05, 4.69) is 20.9 Å². The zero-order valence-corrected chi connectivity index (χ0v) is 11.5. The third-order valence-corrected chi connectivity index (χ3v) is 3.41. The maximum atomic E-state index is 11.8. The van der Waals surface area contributed by atoms with Crippen LogP contribution >= 0.6 is 15.9 Å². The van der Waals surface area contributed by atoms with Crippen molar-refractivity contribution in [3.63, 3.8) is 0 Å². The lowest BCUT2D eigenvalue weighted by molar-refractivity contribution is -0.149. The first kappa shape index (κ1) is 14.2. The summed E-state index contributed by atoms with van der Waals surface area (Å²) in [6.45, 7) is -0.931. The molecule has 3 N–H and O–H groups in total. The summed E-state index contributed by atoms with van der Waals surface area (Å²) in [7, 11) is 0. The van der Waals surface area contributed by atoms with Crippen molar-refractivity contribution in [1.29, 1.82) is 0 Å². The standard InChI is InChI=1S/C11H13BrN2O5/c12-2-1-7-8-3-11(4-15,5-16)19-6-14(8)10(18)13-9(7)17/h1-2,15-16H,3-6H2,(H,13,17,18)/b2-1+. The molecule has 8 heteroatoms. The summed E-state index contributed by atoms with van der Waals surface area (Å²) in [5, 5.41) is 18.7. The van der Waals surface area contributed by atoms with Crippen molar-refractivity contribution >= 4 is 22.0 Å². The van der Waals surface area contributed by atoms with E-state index in [1.807, 2.05) is 0 Å². The zero-order chi connectivity index (χ0) is 14.0. The van der Waals surface area contributed by atoms with E-state index in [1.165, 1.54) is 15.6 Å². The van der Waals surface area contributed by atoms with Gasteiger partial charge in [0.15, 0.2) is 0 Å². The molecule has 1 aliphatic heterocycles. The molecule has 0 saturated carbocycles. The first-order valence-electron chi connectivity index (χ1n) is 5.55. The van der Waals surface area contributed by atoms with E-state index in [4.69, 9.17) is 4.74 Å². The molecular weight excluding hydrogens is 320 g/mol. The predicted octanol–water partition coefficient (Wildman–Crippen LogP) is -0.844. The van der Waals surface area contributed by atoms with Crippen molar-refractivity contribution in [2.24, 2.45) is 0 Å². The Labute approximate surface area is 116 Å². The number of rotatable bonds is 3. The summed E-state index contributed by atoms with van der Waals surface area (Å²) in [5.74, 6) is 0. The van der Waals surface area contributed by atoms with Crippen molar-refractivity contribution < 1.29 is 14.9 Å². The molecule has 0 aliphatic carbocycles. The van der Waals surface area contributed by atoms with Crippen LogP contribution in [-0.4, -0.2) is 38.6 Å². The maximum Gasteiger partial charge on any atom is 0.330 e.